The van der Waals surface area contributed by atoms with Crippen molar-refractivity contribution >= 4 is 29.5 Å². The topological polar surface area (TPSA) is 55.4 Å². The Labute approximate surface area is 108 Å². The highest BCUT2D eigenvalue weighted by molar-refractivity contribution is 7.80. The van der Waals surface area contributed by atoms with E-state index in [1.165, 1.54) is 0 Å². The lowest BCUT2D eigenvalue weighted by atomic mass is 9.94. The first-order valence-corrected chi connectivity index (χ1v) is 6.05. The molecule has 0 aliphatic carbocycles. The van der Waals surface area contributed by atoms with Crippen molar-refractivity contribution < 1.29 is 14.3 Å². The molecule has 0 spiro atoms. The van der Waals surface area contributed by atoms with Gasteiger partial charge in [0.15, 0.2) is 0 Å². The molecule has 1 unspecified atom stereocenters. The van der Waals surface area contributed by atoms with Gasteiger partial charge in [0.25, 0.3) is 6.47 Å². The lowest BCUT2D eigenvalue weighted by molar-refractivity contribution is -0.138. The molecule has 0 bridgehead atoms. The number of ether oxygens (including phenoxy) is 1. The van der Waals surface area contributed by atoms with Crippen LogP contribution in [0, 0.1) is 5.92 Å². The number of nitrogens with one attached hydrogen (secondary N) is 1. The molecule has 1 N–H and O–H groups in total. The molecule has 0 radical (unpaired) electrons. The zero-order chi connectivity index (χ0) is 13.5. The Morgan fingerprint density at radius 2 is 2.12 bits per heavy atom. The second kappa shape index (κ2) is 7.37. The molecule has 1 saturated heterocycles. The van der Waals surface area contributed by atoms with Crippen LogP contribution in [0.2, 0.25) is 0 Å². The average molecular weight is 259 g/mol. The molecular weight excluding hydrogens is 238 g/mol. The molecular formula is C12H21NO3S. The van der Waals surface area contributed by atoms with Gasteiger partial charge in [-0.05, 0) is 34.1 Å². The Morgan fingerprint density at radius 3 is 2.35 bits per heavy atom. The van der Waals surface area contributed by atoms with E-state index in [2.05, 4.69) is 10.1 Å². The van der Waals surface area contributed by atoms with Crippen LogP contribution in [0.4, 0.5) is 0 Å². The van der Waals surface area contributed by atoms with Gasteiger partial charge in [-0.15, -0.1) is 0 Å². The average Bonchev–Trinajstić information content (AvgIpc) is 2.16. The Bertz CT molecular complexity index is 282. The number of thiocarbonyl (C=S) groups is 1. The Balaban J connectivity index is 0.000000325. The third-order valence-corrected chi connectivity index (χ3v) is 2.53. The van der Waals surface area contributed by atoms with E-state index in [4.69, 9.17) is 12.2 Å². The lowest BCUT2D eigenvalue weighted by Gasteiger charge is -2.21. The highest BCUT2D eigenvalue weighted by Gasteiger charge is 2.19. The largest absolute Gasteiger partial charge is 0.462 e. The smallest absolute Gasteiger partial charge is 0.293 e. The van der Waals surface area contributed by atoms with Crippen molar-refractivity contribution in [3.63, 3.8) is 0 Å². The second-order valence-corrected chi connectivity index (χ2v) is 5.47. The number of hydrogen-bond acceptors (Lipinski definition) is 4. The maximum absolute atomic E-state index is 10.9. The van der Waals surface area contributed by atoms with Gasteiger partial charge in [-0.25, -0.2) is 0 Å². The predicted octanol–water partition coefficient (Wildman–Crippen LogP) is 1.86. The quantitative estimate of drug-likeness (QED) is 0.606. The van der Waals surface area contributed by atoms with Gasteiger partial charge in [0.1, 0.15) is 11.4 Å². The van der Waals surface area contributed by atoms with E-state index >= 15 is 0 Å². The van der Waals surface area contributed by atoms with Crippen molar-refractivity contribution in [1.82, 2.24) is 5.32 Å². The molecule has 1 heterocycles. The van der Waals surface area contributed by atoms with E-state index < -0.39 is 0 Å². The van der Waals surface area contributed by atoms with Crippen molar-refractivity contribution in [1.29, 1.82) is 0 Å². The number of carbonyl (C=O) groups is 2. The van der Waals surface area contributed by atoms with Crippen molar-refractivity contribution in [3.8, 4) is 0 Å². The van der Waals surface area contributed by atoms with E-state index in [0.29, 0.717) is 6.47 Å². The van der Waals surface area contributed by atoms with Crippen LogP contribution in [0.3, 0.4) is 0 Å². The molecule has 1 fully saturated rings. The number of hydrogen-bond donors (Lipinski definition) is 1. The number of ketones is 1. The minimum Gasteiger partial charge on any atom is -0.462 e. The monoisotopic (exact) mass is 259 g/mol. The van der Waals surface area contributed by atoms with Crippen LogP contribution in [-0.4, -0.2) is 29.4 Å². The maximum Gasteiger partial charge on any atom is 0.293 e. The Kier molecular flexibility index (Phi) is 6.95. The minimum absolute atomic E-state index is 0.189. The van der Waals surface area contributed by atoms with E-state index in [1.807, 2.05) is 20.8 Å². The lowest BCUT2D eigenvalue weighted by Crippen LogP contribution is -2.34. The van der Waals surface area contributed by atoms with Crippen LogP contribution < -0.4 is 5.32 Å². The first-order chi connectivity index (χ1) is 7.76. The number of Topliss-reactive ketones (excluding diaryl/α,β-unsaturated/α-hetero) is 1. The Hall–Kier alpha value is -0.970. The van der Waals surface area contributed by atoms with Gasteiger partial charge in [-0.3, -0.25) is 9.59 Å². The van der Waals surface area contributed by atoms with E-state index in [1.54, 1.807) is 6.92 Å². The van der Waals surface area contributed by atoms with Gasteiger partial charge >= 0.3 is 0 Å². The molecule has 1 aliphatic rings. The van der Waals surface area contributed by atoms with Crippen molar-refractivity contribution in [2.24, 2.45) is 5.92 Å². The van der Waals surface area contributed by atoms with E-state index in [0.717, 1.165) is 24.4 Å². The summed E-state index contributed by atoms with van der Waals surface area (Å²) in [6.07, 6.45) is 1.69. The van der Waals surface area contributed by atoms with E-state index in [-0.39, 0.29) is 17.3 Å². The van der Waals surface area contributed by atoms with Crippen molar-refractivity contribution in [3.05, 3.63) is 0 Å². The van der Waals surface area contributed by atoms with Crippen LogP contribution in [0.15, 0.2) is 0 Å². The molecule has 4 nitrogen and oxygen atoms in total. The molecule has 98 valence electrons. The van der Waals surface area contributed by atoms with Crippen LogP contribution in [0.5, 0.6) is 0 Å². The minimum atomic E-state index is -0.318. The molecule has 0 saturated carbocycles. The summed E-state index contributed by atoms with van der Waals surface area (Å²) in [5.41, 5.74) is -0.318. The summed E-state index contributed by atoms with van der Waals surface area (Å²) in [6, 6.07) is 0. The normalized spacial score (nSPS) is 19.5. The molecule has 5 heteroatoms. The van der Waals surface area contributed by atoms with Gasteiger partial charge in [-0.2, -0.15) is 0 Å². The maximum atomic E-state index is 10.9. The molecule has 0 aromatic rings. The third kappa shape index (κ3) is 8.80. The third-order valence-electron chi connectivity index (χ3n) is 2.22. The molecule has 1 atom stereocenters. The summed E-state index contributed by atoms with van der Waals surface area (Å²) < 4.78 is 4.55. The molecule has 17 heavy (non-hydrogen) atoms. The highest BCUT2D eigenvalue weighted by Crippen LogP contribution is 2.13. The van der Waals surface area contributed by atoms with Crippen LogP contribution >= 0.6 is 12.2 Å². The van der Waals surface area contributed by atoms with Crippen LogP contribution in [-0.2, 0) is 14.3 Å². The van der Waals surface area contributed by atoms with Gasteiger partial charge in [0, 0.05) is 18.9 Å². The van der Waals surface area contributed by atoms with Gasteiger partial charge in [-0.1, -0.05) is 12.2 Å². The summed E-state index contributed by atoms with van der Waals surface area (Å²) >= 11 is 4.94. The fourth-order valence-corrected chi connectivity index (χ4v) is 1.58. The highest BCUT2D eigenvalue weighted by atomic mass is 32.1. The SMILES string of the molecule is CC(=O)C1CCNC(=S)C1.CC(C)(C)OC=O. The van der Waals surface area contributed by atoms with E-state index in [9.17, 15) is 9.59 Å². The van der Waals surface area contributed by atoms with Crippen molar-refractivity contribution in [2.45, 2.75) is 46.1 Å². The fourth-order valence-electron chi connectivity index (χ4n) is 1.28. The summed E-state index contributed by atoms with van der Waals surface area (Å²) in [4.78, 5) is 21.3. The summed E-state index contributed by atoms with van der Waals surface area (Å²) in [5, 5.41) is 3.05. The first kappa shape index (κ1) is 16.0. The number of carbonyl (C=O) groups excluding carboxylic acids is 2. The standard InChI is InChI=1S/C7H11NOS.C5H10O2/c1-5(9)6-2-3-8-7(10)4-6;1-5(2,3)7-4-6/h6H,2-4H2,1H3,(H,8,10);4H,1-3H3. The van der Waals surface area contributed by atoms with Crippen molar-refractivity contribution in [2.75, 3.05) is 6.54 Å². The predicted molar refractivity (Wildman–Crippen MR) is 70.9 cm³/mol. The molecule has 0 amide bonds. The molecule has 1 rings (SSSR count). The second-order valence-electron chi connectivity index (χ2n) is 4.98. The Morgan fingerprint density at radius 1 is 1.53 bits per heavy atom. The summed E-state index contributed by atoms with van der Waals surface area (Å²) in [6.45, 7) is 8.42. The van der Waals surface area contributed by atoms with Gasteiger partial charge < -0.3 is 10.1 Å². The fraction of sp³-hybridized carbons (Fsp3) is 0.750. The zero-order valence-corrected chi connectivity index (χ0v) is 11.7. The first-order valence-electron chi connectivity index (χ1n) is 5.65. The zero-order valence-electron chi connectivity index (χ0n) is 10.9. The van der Waals surface area contributed by atoms with Crippen LogP contribution in [0.1, 0.15) is 40.5 Å². The number of piperidine rings is 1. The number of rotatable bonds is 2. The molecule has 0 aromatic heterocycles. The van der Waals surface area contributed by atoms with Crippen LogP contribution in [0.25, 0.3) is 0 Å². The molecule has 1 aliphatic heterocycles. The summed E-state index contributed by atoms with van der Waals surface area (Å²) in [5.74, 6) is 0.456. The molecule has 0 aromatic carbocycles. The van der Waals surface area contributed by atoms with Gasteiger partial charge in [0.2, 0.25) is 0 Å². The van der Waals surface area contributed by atoms with Gasteiger partial charge in [0.05, 0.1) is 4.99 Å². The summed E-state index contributed by atoms with van der Waals surface area (Å²) in [7, 11) is 0.